The van der Waals surface area contributed by atoms with Gasteiger partial charge in [0.25, 0.3) is 0 Å². The Morgan fingerprint density at radius 2 is 1.70 bits per heavy atom. The highest BCUT2D eigenvalue weighted by Crippen LogP contribution is 2.34. The maximum atomic E-state index is 11.4. The van der Waals surface area contributed by atoms with Gasteiger partial charge in [0.05, 0.1) is 11.4 Å². The van der Waals surface area contributed by atoms with Crippen LogP contribution in [0, 0.1) is 0 Å². The van der Waals surface area contributed by atoms with Crippen LogP contribution in [0.5, 0.6) is 0 Å². The Bertz CT molecular complexity index is 505. The smallest absolute Gasteiger partial charge is 0.224 e. The summed E-state index contributed by atoms with van der Waals surface area (Å²) in [4.78, 5) is 13.9. The van der Waals surface area contributed by atoms with E-state index in [1.54, 1.807) is 0 Å². The Labute approximate surface area is 120 Å². The normalized spacial score (nSPS) is 19.8. The lowest BCUT2D eigenvalue weighted by atomic mass is 10.00. The summed E-state index contributed by atoms with van der Waals surface area (Å²) in [6.07, 6.45) is 7.88. The first-order valence-electron chi connectivity index (χ1n) is 7.71. The highest BCUT2D eigenvalue weighted by Gasteiger charge is 2.19. The minimum atomic E-state index is 0.0934. The molecule has 0 radical (unpaired) electrons. The van der Waals surface area contributed by atoms with E-state index < -0.39 is 0 Å². The lowest BCUT2D eigenvalue weighted by molar-refractivity contribution is -0.116. The summed E-state index contributed by atoms with van der Waals surface area (Å²) in [6, 6.07) is 4.12. The zero-order chi connectivity index (χ0) is 13.9. The van der Waals surface area contributed by atoms with Gasteiger partial charge in [0.2, 0.25) is 5.91 Å². The number of nitrogens with two attached hydrogens (primary N) is 1. The van der Waals surface area contributed by atoms with Crippen molar-refractivity contribution in [2.24, 2.45) is 0 Å². The number of amides is 1. The average Bonchev–Trinajstić information content (AvgIpc) is 2.38. The Balaban J connectivity index is 1.87. The molecule has 0 bridgehead atoms. The molecule has 2 aliphatic heterocycles. The molecule has 1 aromatic rings. The van der Waals surface area contributed by atoms with Crippen molar-refractivity contribution in [3.63, 3.8) is 0 Å². The number of carbonyl (C=O) groups is 1. The van der Waals surface area contributed by atoms with Gasteiger partial charge in [0.1, 0.15) is 0 Å². The van der Waals surface area contributed by atoms with Gasteiger partial charge in [-0.3, -0.25) is 4.79 Å². The van der Waals surface area contributed by atoms with Crippen LogP contribution in [0.2, 0.25) is 0 Å². The van der Waals surface area contributed by atoms with Gasteiger partial charge in [-0.15, -0.1) is 0 Å². The van der Waals surface area contributed by atoms with Gasteiger partial charge in [-0.05, 0) is 37.0 Å². The predicted molar refractivity (Wildman–Crippen MR) is 83.1 cm³/mol. The summed E-state index contributed by atoms with van der Waals surface area (Å²) in [5, 5.41) is 2.92. The summed E-state index contributed by atoms with van der Waals surface area (Å²) in [6.45, 7) is 2.19. The number of hydrogen-bond donors (Lipinski definition) is 2. The molecular weight excluding hydrogens is 250 g/mol. The summed E-state index contributed by atoms with van der Waals surface area (Å²) in [5.41, 5.74) is 10.3. The number of aryl methyl sites for hydroxylation is 1. The molecule has 4 nitrogen and oxygen atoms in total. The van der Waals surface area contributed by atoms with Gasteiger partial charge in [-0.1, -0.05) is 19.3 Å². The van der Waals surface area contributed by atoms with Gasteiger partial charge in [0.15, 0.2) is 0 Å². The van der Waals surface area contributed by atoms with Crippen molar-refractivity contribution in [3.8, 4) is 0 Å². The van der Waals surface area contributed by atoms with Crippen LogP contribution in [0.25, 0.3) is 0 Å². The number of anilines is 3. The number of nitrogens with zero attached hydrogens (tertiary/aromatic N) is 1. The molecule has 0 aliphatic carbocycles. The maximum Gasteiger partial charge on any atom is 0.224 e. The van der Waals surface area contributed by atoms with Crippen LogP contribution in [-0.2, 0) is 11.2 Å². The van der Waals surface area contributed by atoms with Crippen molar-refractivity contribution < 1.29 is 4.79 Å². The minimum absolute atomic E-state index is 0.0934. The lowest BCUT2D eigenvalue weighted by Gasteiger charge is -2.30. The molecule has 0 atom stereocenters. The third-order valence-electron chi connectivity index (χ3n) is 4.34. The fraction of sp³-hybridized carbons (Fsp3) is 0.562. The van der Waals surface area contributed by atoms with E-state index in [4.69, 9.17) is 5.73 Å². The van der Waals surface area contributed by atoms with Crippen LogP contribution in [0.1, 0.15) is 44.1 Å². The molecule has 1 aromatic carbocycles. The van der Waals surface area contributed by atoms with Crippen molar-refractivity contribution in [1.29, 1.82) is 0 Å². The highest BCUT2D eigenvalue weighted by molar-refractivity contribution is 5.95. The van der Waals surface area contributed by atoms with E-state index in [0.29, 0.717) is 6.42 Å². The number of nitrogens with one attached hydrogen (secondary N) is 1. The molecule has 0 aromatic heterocycles. The van der Waals surface area contributed by atoms with E-state index in [0.717, 1.165) is 36.6 Å². The van der Waals surface area contributed by atoms with E-state index in [9.17, 15) is 4.79 Å². The van der Waals surface area contributed by atoms with Gasteiger partial charge in [-0.25, -0.2) is 0 Å². The summed E-state index contributed by atoms with van der Waals surface area (Å²) >= 11 is 0. The molecule has 2 heterocycles. The molecule has 4 heteroatoms. The highest BCUT2D eigenvalue weighted by atomic mass is 16.1. The van der Waals surface area contributed by atoms with E-state index in [1.165, 1.54) is 37.7 Å². The standard InChI is InChI=1S/C16H23N3O/c17-13-11-14-12(6-7-16(20)18-14)10-15(13)19-8-4-2-1-3-5-9-19/h10-11H,1-9,17H2,(H,18,20). The molecule has 108 valence electrons. The Hall–Kier alpha value is -1.71. The molecule has 2 aliphatic rings. The summed E-state index contributed by atoms with van der Waals surface area (Å²) in [7, 11) is 0. The molecular formula is C16H23N3O. The second kappa shape index (κ2) is 5.73. The zero-order valence-corrected chi connectivity index (χ0v) is 12.0. The average molecular weight is 273 g/mol. The molecule has 1 saturated heterocycles. The molecule has 0 spiro atoms. The van der Waals surface area contributed by atoms with Crippen LogP contribution >= 0.6 is 0 Å². The van der Waals surface area contributed by atoms with Gasteiger partial charge < -0.3 is 16.0 Å². The number of carbonyl (C=O) groups excluding carboxylic acids is 1. The van der Waals surface area contributed by atoms with E-state index in [1.807, 2.05) is 6.07 Å². The predicted octanol–water partition coefficient (Wildman–Crippen LogP) is 2.92. The van der Waals surface area contributed by atoms with Crippen LogP contribution < -0.4 is 16.0 Å². The van der Waals surface area contributed by atoms with Crippen molar-refractivity contribution in [3.05, 3.63) is 17.7 Å². The van der Waals surface area contributed by atoms with Crippen LogP contribution in [0.4, 0.5) is 17.1 Å². The molecule has 0 saturated carbocycles. The van der Waals surface area contributed by atoms with E-state index in [2.05, 4.69) is 16.3 Å². The Morgan fingerprint density at radius 1 is 1.00 bits per heavy atom. The van der Waals surface area contributed by atoms with Gasteiger partial charge in [-0.2, -0.15) is 0 Å². The SMILES string of the molecule is Nc1cc2c(cc1N1CCCCCCC1)CCC(=O)N2. The van der Waals surface area contributed by atoms with Crippen LogP contribution in [0.3, 0.4) is 0 Å². The molecule has 1 amide bonds. The van der Waals surface area contributed by atoms with Crippen molar-refractivity contribution in [2.75, 3.05) is 29.0 Å². The second-order valence-corrected chi connectivity index (χ2v) is 5.87. The largest absolute Gasteiger partial charge is 0.397 e. The third kappa shape index (κ3) is 2.74. The topological polar surface area (TPSA) is 58.4 Å². The van der Waals surface area contributed by atoms with Crippen molar-refractivity contribution >= 4 is 23.0 Å². The number of hydrogen-bond acceptors (Lipinski definition) is 3. The first-order valence-corrected chi connectivity index (χ1v) is 7.71. The molecule has 20 heavy (non-hydrogen) atoms. The number of nitrogen functional groups attached to an aromatic ring is 1. The monoisotopic (exact) mass is 273 g/mol. The second-order valence-electron chi connectivity index (χ2n) is 5.87. The van der Waals surface area contributed by atoms with Crippen LogP contribution in [-0.4, -0.2) is 19.0 Å². The zero-order valence-electron chi connectivity index (χ0n) is 12.0. The third-order valence-corrected chi connectivity index (χ3v) is 4.34. The van der Waals surface area contributed by atoms with Crippen molar-refractivity contribution in [1.82, 2.24) is 0 Å². The minimum Gasteiger partial charge on any atom is -0.397 e. The first kappa shape index (κ1) is 13.3. The van der Waals surface area contributed by atoms with Crippen molar-refractivity contribution in [2.45, 2.75) is 44.9 Å². The fourth-order valence-corrected chi connectivity index (χ4v) is 3.19. The number of rotatable bonds is 1. The Morgan fingerprint density at radius 3 is 2.45 bits per heavy atom. The molecule has 1 fully saturated rings. The summed E-state index contributed by atoms with van der Waals surface area (Å²) < 4.78 is 0. The lowest BCUT2D eigenvalue weighted by Crippen LogP contribution is -2.28. The van der Waals surface area contributed by atoms with Gasteiger partial charge >= 0.3 is 0 Å². The quantitative estimate of drug-likeness (QED) is 0.773. The number of fused-ring (bicyclic) bond motifs is 1. The molecule has 3 N–H and O–H groups in total. The fourth-order valence-electron chi connectivity index (χ4n) is 3.19. The maximum absolute atomic E-state index is 11.4. The summed E-state index contributed by atoms with van der Waals surface area (Å²) in [5.74, 6) is 0.0934. The number of benzene rings is 1. The van der Waals surface area contributed by atoms with Crippen LogP contribution in [0.15, 0.2) is 12.1 Å². The van der Waals surface area contributed by atoms with Gasteiger partial charge in [0, 0.05) is 25.2 Å². The molecule has 0 unspecified atom stereocenters. The molecule has 3 rings (SSSR count). The van der Waals surface area contributed by atoms with E-state index >= 15 is 0 Å². The first-order chi connectivity index (χ1) is 9.74. The Kier molecular flexibility index (Phi) is 3.81. The van der Waals surface area contributed by atoms with E-state index in [-0.39, 0.29) is 5.91 Å².